The zero-order valence-corrected chi connectivity index (χ0v) is 7.99. The van der Waals surface area contributed by atoms with Crippen molar-refractivity contribution in [2.75, 3.05) is 0 Å². The van der Waals surface area contributed by atoms with Crippen LogP contribution in [0.15, 0.2) is 0 Å². The number of fused-ring (bicyclic) bond motifs is 1. The molecule has 2 heteroatoms. The SMILES string of the molecule is C[C@H]1[C@H]2[C@H](N)CCC[C@H]2O[C@@H]1C. The fourth-order valence-electron chi connectivity index (χ4n) is 2.82. The summed E-state index contributed by atoms with van der Waals surface area (Å²) in [5, 5.41) is 0. The average Bonchev–Trinajstić information content (AvgIpc) is 2.29. The molecule has 2 fully saturated rings. The van der Waals surface area contributed by atoms with Crippen molar-refractivity contribution in [1.29, 1.82) is 0 Å². The Kier molecular flexibility index (Phi) is 2.13. The van der Waals surface area contributed by atoms with Crippen molar-refractivity contribution in [3.8, 4) is 0 Å². The maximum Gasteiger partial charge on any atom is 0.0625 e. The van der Waals surface area contributed by atoms with Gasteiger partial charge in [0.1, 0.15) is 0 Å². The lowest BCUT2D eigenvalue weighted by atomic mass is 9.76. The van der Waals surface area contributed by atoms with E-state index in [4.69, 9.17) is 10.5 Å². The molecule has 5 atom stereocenters. The van der Waals surface area contributed by atoms with Crippen LogP contribution in [-0.2, 0) is 4.74 Å². The minimum absolute atomic E-state index is 0.392. The highest BCUT2D eigenvalue weighted by Gasteiger charge is 2.44. The average molecular weight is 169 g/mol. The van der Waals surface area contributed by atoms with E-state index < -0.39 is 0 Å². The lowest BCUT2D eigenvalue weighted by Crippen LogP contribution is -2.41. The zero-order valence-electron chi connectivity index (χ0n) is 7.99. The normalized spacial score (nSPS) is 53.8. The summed E-state index contributed by atoms with van der Waals surface area (Å²) >= 11 is 0. The highest BCUT2D eigenvalue weighted by atomic mass is 16.5. The van der Waals surface area contributed by atoms with Crippen molar-refractivity contribution in [3.05, 3.63) is 0 Å². The summed E-state index contributed by atoms with van der Waals surface area (Å²) in [5.74, 6) is 1.29. The first-order valence-corrected chi connectivity index (χ1v) is 5.11. The Morgan fingerprint density at radius 1 is 1.25 bits per heavy atom. The maximum atomic E-state index is 6.09. The smallest absolute Gasteiger partial charge is 0.0625 e. The predicted molar refractivity (Wildman–Crippen MR) is 48.8 cm³/mol. The van der Waals surface area contributed by atoms with E-state index in [1.807, 2.05) is 0 Å². The standard InChI is InChI=1S/C10H19NO/c1-6-7(2)12-9-5-3-4-8(11)10(6)9/h6-10H,3-5,11H2,1-2H3/t6-,7-,8-,9-,10+/m1/s1. The molecule has 2 nitrogen and oxygen atoms in total. The van der Waals surface area contributed by atoms with Crippen LogP contribution >= 0.6 is 0 Å². The van der Waals surface area contributed by atoms with Crippen LogP contribution in [-0.4, -0.2) is 18.2 Å². The number of hydrogen-bond donors (Lipinski definition) is 1. The highest BCUT2D eigenvalue weighted by molar-refractivity contribution is 4.94. The minimum atomic E-state index is 0.392. The second-order valence-electron chi connectivity index (χ2n) is 4.41. The van der Waals surface area contributed by atoms with E-state index in [0.29, 0.717) is 30.1 Å². The largest absolute Gasteiger partial charge is 0.375 e. The second kappa shape index (κ2) is 3.00. The molecule has 2 N–H and O–H groups in total. The molecule has 0 amide bonds. The van der Waals surface area contributed by atoms with E-state index in [1.54, 1.807) is 0 Å². The van der Waals surface area contributed by atoms with Crippen molar-refractivity contribution in [1.82, 2.24) is 0 Å². The van der Waals surface area contributed by atoms with Gasteiger partial charge in [-0.25, -0.2) is 0 Å². The monoisotopic (exact) mass is 169 g/mol. The van der Waals surface area contributed by atoms with Crippen molar-refractivity contribution in [2.45, 2.75) is 51.4 Å². The van der Waals surface area contributed by atoms with Gasteiger partial charge >= 0.3 is 0 Å². The van der Waals surface area contributed by atoms with Gasteiger partial charge in [0.15, 0.2) is 0 Å². The molecule has 0 radical (unpaired) electrons. The van der Waals surface area contributed by atoms with Gasteiger partial charge in [0, 0.05) is 12.0 Å². The van der Waals surface area contributed by atoms with E-state index in [0.717, 1.165) is 0 Å². The van der Waals surface area contributed by atoms with E-state index >= 15 is 0 Å². The highest BCUT2D eigenvalue weighted by Crippen LogP contribution is 2.40. The van der Waals surface area contributed by atoms with Gasteiger partial charge in [-0.2, -0.15) is 0 Å². The van der Waals surface area contributed by atoms with Gasteiger partial charge in [-0.15, -0.1) is 0 Å². The van der Waals surface area contributed by atoms with Crippen molar-refractivity contribution in [3.63, 3.8) is 0 Å². The lowest BCUT2D eigenvalue weighted by molar-refractivity contribution is 0.0216. The summed E-state index contributed by atoms with van der Waals surface area (Å²) in [6.07, 6.45) is 4.57. The molecule has 1 aliphatic carbocycles. The summed E-state index contributed by atoms with van der Waals surface area (Å²) in [4.78, 5) is 0. The lowest BCUT2D eigenvalue weighted by Gasteiger charge is -2.31. The molecule has 0 aromatic carbocycles. The quantitative estimate of drug-likeness (QED) is 0.597. The van der Waals surface area contributed by atoms with Crippen LogP contribution in [0.5, 0.6) is 0 Å². The van der Waals surface area contributed by atoms with Gasteiger partial charge in [-0.3, -0.25) is 0 Å². The second-order valence-corrected chi connectivity index (χ2v) is 4.41. The Morgan fingerprint density at radius 2 is 2.00 bits per heavy atom. The van der Waals surface area contributed by atoms with Gasteiger partial charge in [-0.1, -0.05) is 6.92 Å². The molecular formula is C10H19NO. The molecule has 2 aliphatic rings. The van der Waals surface area contributed by atoms with Crippen LogP contribution < -0.4 is 5.73 Å². The van der Waals surface area contributed by atoms with Crippen LogP contribution in [0.4, 0.5) is 0 Å². The van der Waals surface area contributed by atoms with Crippen molar-refractivity contribution < 1.29 is 4.74 Å². The summed E-state index contributed by atoms with van der Waals surface area (Å²) in [5.41, 5.74) is 6.09. The van der Waals surface area contributed by atoms with E-state index in [1.165, 1.54) is 19.3 Å². The van der Waals surface area contributed by atoms with Gasteiger partial charge in [-0.05, 0) is 32.1 Å². The Hall–Kier alpha value is -0.0800. The molecule has 0 aromatic rings. The fraction of sp³-hybridized carbons (Fsp3) is 1.00. The summed E-state index contributed by atoms with van der Waals surface area (Å²) < 4.78 is 5.87. The number of hydrogen-bond acceptors (Lipinski definition) is 2. The van der Waals surface area contributed by atoms with Gasteiger partial charge in [0.25, 0.3) is 0 Å². The van der Waals surface area contributed by atoms with Crippen molar-refractivity contribution >= 4 is 0 Å². The van der Waals surface area contributed by atoms with Crippen LogP contribution in [0.25, 0.3) is 0 Å². The van der Waals surface area contributed by atoms with Crippen LogP contribution in [0.2, 0.25) is 0 Å². The van der Waals surface area contributed by atoms with Crippen LogP contribution in [0.1, 0.15) is 33.1 Å². The molecule has 0 aromatic heterocycles. The fourth-order valence-corrected chi connectivity index (χ4v) is 2.82. The Labute approximate surface area is 74.5 Å². The van der Waals surface area contributed by atoms with Crippen molar-refractivity contribution in [2.24, 2.45) is 17.6 Å². The zero-order chi connectivity index (χ0) is 8.72. The molecule has 1 aliphatic heterocycles. The molecule has 70 valence electrons. The van der Waals surface area contributed by atoms with E-state index in [9.17, 15) is 0 Å². The number of rotatable bonds is 0. The summed E-state index contributed by atoms with van der Waals surface area (Å²) in [6.45, 7) is 4.45. The molecule has 12 heavy (non-hydrogen) atoms. The molecule has 0 unspecified atom stereocenters. The van der Waals surface area contributed by atoms with E-state index in [2.05, 4.69) is 13.8 Å². The van der Waals surface area contributed by atoms with Gasteiger partial charge < -0.3 is 10.5 Å². The minimum Gasteiger partial charge on any atom is -0.375 e. The third kappa shape index (κ3) is 1.17. The molecule has 0 spiro atoms. The van der Waals surface area contributed by atoms with Crippen LogP contribution in [0, 0.1) is 11.8 Å². The topological polar surface area (TPSA) is 35.2 Å². The molecule has 1 saturated heterocycles. The third-order valence-corrected chi connectivity index (χ3v) is 3.69. The maximum absolute atomic E-state index is 6.09. The predicted octanol–water partition coefficient (Wildman–Crippen LogP) is 1.54. The molecule has 1 saturated carbocycles. The Morgan fingerprint density at radius 3 is 2.67 bits per heavy atom. The number of nitrogens with two attached hydrogens (primary N) is 1. The first-order valence-electron chi connectivity index (χ1n) is 5.11. The third-order valence-electron chi connectivity index (χ3n) is 3.69. The number of ether oxygens (including phenoxy) is 1. The van der Waals surface area contributed by atoms with Crippen LogP contribution in [0.3, 0.4) is 0 Å². The van der Waals surface area contributed by atoms with Gasteiger partial charge in [0.05, 0.1) is 12.2 Å². The Bertz CT molecular complexity index is 171. The Balaban J connectivity index is 2.12. The first kappa shape index (κ1) is 8.52. The molecular weight excluding hydrogens is 150 g/mol. The summed E-state index contributed by atoms with van der Waals surface area (Å²) in [7, 11) is 0. The summed E-state index contributed by atoms with van der Waals surface area (Å²) in [6, 6.07) is 0.392. The first-order chi connectivity index (χ1) is 5.70. The molecule has 2 rings (SSSR count). The van der Waals surface area contributed by atoms with Gasteiger partial charge in [0.2, 0.25) is 0 Å². The molecule has 0 bridgehead atoms. The van der Waals surface area contributed by atoms with E-state index in [-0.39, 0.29) is 0 Å². The molecule has 1 heterocycles.